The lowest BCUT2D eigenvalue weighted by Gasteiger charge is -2.30. The molecule has 0 aliphatic carbocycles. The van der Waals surface area contributed by atoms with Crippen molar-refractivity contribution in [3.05, 3.63) is 61.6 Å². The zero-order valence-corrected chi connectivity index (χ0v) is 19.1. The third kappa shape index (κ3) is 5.43. The number of aliphatic hydroxyl groups is 3. The third-order valence-corrected chi connectivity index (χ3v) is 6.81. The van der Waals surface area contributed by atoms with Crippen LogP contribution in [0.1, 0.15) is 24.6 Å². The smallest absolute Gasteiger partial charge is 0.400 e. The number of fused-ring (bicyclic) bond motifs is 1. The van der Waals surface area contributed by atoms with Gasteiger partial charge < -0.3 is 20.1 Å². The number of H-pyrrole nitrogens is 1. The summed E-state index contributed by atoms with van der Waals surface area (Å²) < 4.78 is 41.5. The second-order valence-electron chi connectivity index (χ2n) is 6.80. The molecule has 4 N–H and O–H groups in total. The number of aromatic nitrogens is 2. The molecule has 0 spiro atoms. The van der Waals surface area contributed by atoms with Crippen LogP contribution in [0, 0.1) is 5.82 Å². The molecule has 4 rings (SSSR count). The Morgan fingerprint density at radius 2 is 2.03 bits per heavy atom. The van der Waals surface area contributed by atoms with E-state index in [1.54, 1.807) is 0 Å². The number of ether oxygens (including phenoxy) is 1. The Hall–Kier alpha value is -1.93. The fourth-order valence-corrected chi connectivity index (χ4v) is 4.93. The van der Waals surface area contributed by atoms with E-state index >= 15 is 0 Å². The van der Waals surface area contributed by atoms with E-state index < -0.39 is 43.5 Å². The van der Waals surface area contributed by atoms with Crippen LogP contribution >= 0.6 is 19.8 Å². The van der Waals surface area contributed by atoms with Gasteiger partial charge in [-0.3, -0.25) is 18.9 Å². The molecule has 1 aromatic heterocycles. The van der Waals surface area contributed by atoms with Crippen LogP contribution in [0.2, 0.25) is 5.02 Å². The van der Waals surface area contributed by atoms with Crippen molar-refractivity contribution < 1.29 is 42.5 Å². The molecule has 1 fully saturated rings. The number of aliphatic hydroxyl groups excluding tert-OH is 1. The zero-order chi connectivity index (χ0) is 24.4. The van der Waals surface area contributed by atoms with Crippen LogP contribution in [0.25, 0.3) is 0 Å². The topological polar surface area (TPSA) is 162 Å². The Morgan fingerprint density at radius 3 is 2.73 bits per heavy atom. The van der Waals surface area contributed by atoms with Gasteiger partial charge in [0, 0.05) is 18.9 Å². The lowest BCUT2D eigenvalue weighted by Crippen LogP contribution is -2.46. The predicted octanol–water partition coefficient (Wildman–Crippen LogP) is 1.20. The van der Waals surface area contributed by atoms with E-state index in [1.165, 1.54) is 19.2 Å². The van der Waals surface area contributed by atoms with Gasteiger partial charge in [0.25, 0.3) is 5.56 Å². The SMILES string of the molecule is CO.CO[P+]1(OC(O)(O)C2CCC(n3cc(Cl)c(=O)[nH]c3=O)O2)OCc2cc(F)ccc2O1. The minimum atomic E-state index is -3.75. The van der Waals surface area contributed by atoms with Gasteiger partial charge in [-0.25, -0.2) is 9.18 Å². The van der Waals surface area contributed by atoms with E-state index in [0.717, 1.165) is 23.9 Å². The maximum atomic E-state index is 13.4. The molecule has 33 heavy (non-hydrogen) atoms. The van der Waals surface area contributed by atoms with Crippen molar-refractivity contribution in [1.29, 1.82) is 0 Å². The van der Waals surface area contributed by atoms with Crippen LogP contribution in [-0.4, -0.2) is 51.2 Å². The molecule has 2 aromatic rings. The minimum Gasteiger partial charge on any atom is -0.400 e. The fourth-order valence-electron chi connectivity index (χ4n) is 3.22. The first-order valence-corrected chi connectivity index (χ1v) is 11.3. The standard InChI is InChI=1S/C17H17ClFN2O9P.CH4O/c1-26-31(27-8-9-6-10(19)2-3-12(9)29-31)30-17(24,25)13-4-5-14(28-13)21-7-11(18)15(22)20-16(21)23;1-2/h2-3,6-7,13-14,24-25H,4-5,8H2,1H3;2H,1H3/p+1. The molecule has 2 aliphatic heterocycles. The van der Waals surface area contributed by atoms with Gasteiger partial charge in [0.15, 0.2) is 5.75 Å². The van der Waals surface area contributed by atoms with Gasteiger partial charge in [0.2, 0.25) is 0 Å². The van der Waals surface area contributed by atoms with E-state index in [2.05, 4.69) is 0 Å². The Morgan fingerprint density at radius 1 is 1.30 bits per heavy atom. The van der Waals surface area contributed by atoms with Crippen molar-refractivity contribution in [1.82, 2.24) is 9.55 Å². The first kappa shape index (κ1) is 25.7. The molecule has 0 amide bonds. The van der Waals surface area contributed by atoms with Crippen molar-refractivity contribution in [3.63, 3.8) is 0 Å². The maximum absolute atomic E-state index is 13.4. The quantitative estimate of drug-likeness (QED) is 0.339. The van der Waals surface area contributed by atoms with E-state index in [-0.39, 0.29) is 30.2 Å². The molecule has 0 saturated carbocycles. The first-order chi connectivity index (χ1) is 15.6. The summed E-state index contributed by atoms with van der Waals surface area (Å²) in [6.45, 7) is -0.149. The summed E-state index contributed by atoms with van der Waals surface area (Å²) in [5, 5.41) is 27.9. The molecule has 1 aromatic carbocycles. The highest BCUT2D eigenvalue weighted by molar-refractivity contribution is 7.56. The number of benzene rings is 1. The molecule has 182 valence electrons. The zero-order valence-electron chi connectivity index (χ0n) is 17.4. The molecule has 3 heterocycles. The van der Waals surface area contributed by atoms with E-state index in [4.69, 9.17) is 39.5 Å². The number of aromatic amines is 1. The van der Waals surface area contributed by atoms with Crippen molar-refractivity contribution in [3.8, 4) is 5.75 Å². The number of nitrogens with one attached hydrogen (secondary N) is 1. The number of hydrogen-bond donors (Lipinski definition) is 4. The van der Waals surface area contributed by atoms with Gasteiger partial charge in [-0.2, -0.15) is 0 Å². The van der Waals surface area contributed by atoms with Gasteiger partial charge in [-0.15, -0.1) is 9.05 Å². The second-order valence-corrected chi connectivity index (χ2v) is 9.09. The predicted molar refractivity (Wildman–Crippen MR) is 112 cm³/mol. The third-order valence-electron chi connectivity index (χ3n) is 4.73. The molecule has 15 heteroatoms. The molecule has 3 atom stereocenters. The Bertz CT molecular complexity index is 1110. The fraction of sp³-hybridized carbons (Fsp3) is 0.444. The molecule has 3 unspecified atom stereocenters. The largest absolute Gasteiger partial charge is 0.627 e. The monoisotopic (exact) mass is 511 g/mol. The molecule has 1 saturated heterocycles. The minimum absolute atomic E-state index is 0.0619. The summed E-state index contributed by atoms with van der Waals surface area (Å²) in [4.78, 5) is 25.5. The Balaban J connectivity index is 0.00000149. The molecule has 0 radical (unpaired) electrons. The van der Waals surface area contributed by atoms with E-state index in [9.17, 15) is 24.2 Å². The van der Waals surface area contributed by atoms with Gasteiger partial charge >= 0.3 is 19.8 Å². The average Bonchev–Trinajstić information content (AvgIpc) is 3.29. The number of nitrogens with zero attached hydrogens (tertiary/aromatic N) is 1. The summed E-state index contributed by atoms with van der Waals surface area (Å²) >= 11 is 5.76. The highest BCUT2D eigenvalue weighted by Gasteiger charge is 2.62. The second kappa shape index (κ2) is 10.1. The molecular formula is C18H22ClFN2O10P+. The molecular weight excluding hydrogens is 490 g/mol. The lowest BCUT2D eigenvalue weighted by molar-refractivity contribution is -0.352. The Kier molecular flexibility index (Phi) is 7.89. The molecule has 12 nitrogen and oxygen atoms in total. The van der Waals surface area contributed by atoms with Gasteiger partial charge in [0.05, 0.1) is 7.11 Å². The number of rotatable bonds is 5. The summed E-state index contributed by atoms with van der Waals surface area (Å²) in [7, 11) is -1.55. The Labute approximate surface area is 191 Å². The lowest BCUT2D eigenvalue weighted by atomic mass is 10.2. The van der Waals surface area contributed by atoms with Crippen LogP contribution in [0.4, 0.5) is 4.39 Å². The van der Waals surface area contributed by atoms with Crippen molar-refractivity contribution in [2.45, 2.75) is 37.8 Å². The van der Waals surface area contributed by atoms with Crippen molar-refractivity contribution in [2.75, 3.05) is 14.2 Å². The van der Waals surface area contributed by atoms with Crippen LogP contribution in [0.15, 0.2) is 34.0 Å². The molecule has 2 aliphatic rings. The average molecular weight is 512 g/mol. The van der Waals surface area contributed by atoms with E-state index in [0.29, 0.717) is 5.56 Å². The highest BCUT2D eigenvalue weighted by Crippen LogP contribution is 2.67. The highest BCUT2D eigenvalue weighted by atomic mass is 35.5. The normalized spacial score (nSPS) is 24.5. The summed E-state index contributed by atoms with van der Waals surface area (Å²) in [5.41, 5.74) is -1.13. The van der Waals surface area contributed by atoms with Crippen LogP contribution in [0.3, 0.4) is 0 Å². The van der Waals surface area contributed by atoms with Crippen molar-refractivity contribution >= 4 is 19.8 Å². The van der Waals surface area contributed by atoms with E-state index in [1.807, 2.05) is 4.98 Å². The van der Waals surface area contributed by atoms with Gasteiger partial charge in [-0.1, -0.05) is 16.1 Å². The molecule has 0 bridgehead atoms. The first-order valence-electron chi connectivity index (χ1n) is 9.46. The van der Waals surface area contributed by atoms with Gasteiger partial charge in [-0.05, 0) is 31.0 Å². The summed E-state index contributed by atoms with van der Waals surface area (Å²) in [6, 6.07) is 3.72. The number of hydrogen-bond acceptors (Lipinski definition) is 10. The van der Waals surface area contributed by atoms with Crippen molar-refractivity contribution in [2.24, 2.45) is 0 Å². The van der Waals surface area contributed by atoms with Gasteiger partial charge in [0.1, 0.15) is 29.8 Å². The summed E-state index contributed by atoms with van der Waals surface area (Å²) in [5.74, 6) is -3.21. The summed E-state index contributed by atoms with van der Waals surface area (Å²) in [6.07, 6.45) is -0.930. The van der Waals surface area contributed by atoms with Crippen LogP contribution < -0.4 is 15.8 Å². The van der Waals surface area contributed by atoms with Crippen LogP contribution in [-0.2, 0) is 24.9 Å². The maximum Gasteiger partial charge on any atom is 0.627 e. The van der Waals surface area contributed by atoms with Crippen LogP contribution in [0.5, 0.6) is 5.75 Å². The number of halogens is 2.